The Kier molecular flexibility index (Phi) is 11.1. The minimum atomic E-state index is 0.305. The zero-order chi connectivity index (χ0) is 17.7. The fourth-order valence-corrected chi connectivity index (χ4v) is 2.83. The van der Waals surface area contributed by atoms with Crippen molar-refractivity contribution in [3.8, 4) is 0 Å². The molecule has 0 bridgehead atoms. The van der Waals surface area contributed by atoms with Crippen LogP contribution in [0.2, 0.25) is 0 Å². The smallest absolute Gasteiger partial charge is 0.190 e. The minimum Gasteiger partial charge on any atom is -0.381 e. The molecule has 5 nitrogen and oxygen atoms in total. The van der Waals surface area contributed by atoms with Gasteiger partial charge in [0.1, 0.15) is 0 Å². The van der Waals surface area contributed by atoms with E-state index in [-0.39, 0.29) is 0 Å². The van der Waals surface area contributed by atoms with Gasteiger partial charge >= 0.3 is 0 Å². The third kappa shape index (κ3) is 10.1. The Hall–Kier alpha value is -0.810. The molecular formula is C19H39N3O2. The van der Waals surface area contributed by atoms with Crippen molar-refractivity contribution in [2.75, 3.05) is 46.6 Å². The van der Waals surface area contributed by atoms with E-state index in [9.17, 15) is 0 Å². The molecule has 0 radical (unpaired) electrons. The molecule has 1 rings (SSSR count). The van der Waals surface area contributed by atoms with E-state index in [0.717, 1.165) is 58.3 Å². The van der Waals surface area contributed by atoms with Crippen LogP contribution in [0.1, 0.15) is 59.3 Å². The summed E-state index contributed by atoms with van der Waals surface area (Å²) in [5.41, 5.74) is 0.305. The van der Waals surface area contributed by atoms with E-state index >= 15 is 0 Å². The molecule has 0 saturated carbocycles. The molecule has 0 aromatic heterocycles. The summed E-state index contributed by atoms with van der Waals surface area (Å²) in [6, 6.07) is 0. The maximum atomic E-state index is 5.72. The molecule has 1 fully saturated rings. The molecule has 1 aliphatic heterocycles. The van der Waals surface area contributed by atoms with Crippen LogP contribution in [0.15, 0.2) is 4.99 Å². The molecular weight excluding hydrogens is 302 g/mol. The summed E-state index contributed by atoms with van der Waals surface area (Å²) in [6.45, 7) is 12.1. The monoisotopic (exact) mass is 341 g/mol. The lowest BCUT2D eigenvalue weighted by Crippen LogP contribution is -2.42. The number of unbranched alkanes of at least 4 members (excludes halogenated alkanes) is 2. The topological polar surface area (TPSA) is 54.9 Å². The van der Waals surface area contributed by atoms with Gasteiger partial charge in [-0.3, -0.25) is 4.99 Å². The van der Waals surface area contributed by atoms with Crippen molar-refractivity contribution in [1.29, 1.82) is 0 Å². The van der Waals surface area contributed by atoms with Gasteiger partial charge < -0.3 is 20.1 Å². The lowest BCUT2D eigenvalue weighted by atomic mass is 9.87. The average molecular weight is 342 g/mol. The van der Waals surface area contributed by atoms with Crippen LogP contribution >= 0.6 is 0 Å². The summed E-state index contributed by atoms with van der Waals surface area (Å²) in [4.78, 5) is 4.31. The number of nitrogens with zero attached hydrogens (tertiary/aromatic N) is 1. The molecule has 0 amide bonds. The van der Waals surface area contributed by atoms with Gasteiger partial charge in [0.05, 0.1) is 13.2 Å². The van der Waals surface area contributed by atoms with Gasteiger partial charge in [0, 0.05) is 39.3 Å². The third-order valence-corrected chi connectivity index (χ3v) is 4.55. The van der Waals surface area contributed by atoms with Crippen LogP contribution in [0.25, 0.3) is 0 Å². The first kappa shape index (κ1) is 21.2. The van der Waals surface area contributed by atoms with Gasteiger partial charge in [-0.1, -0.05) is 40.0 Å². The highest BCUT2D eigenvalue weighted by Crippen LogP contribution is 2.22. The van der Waals surface area contributed by atoms with Crippen molar-refractivity contribution in [3.63, 3.8) is 0 Å². The molecule has 1 saturated heterocycles. The fourth-order valence-electron chi connectivity index (χ4n) is 2.83. The molecule has 0 aliphatic carbocycles. The highest BCUT2D eigenvalue weighted by molar-refractivity contribution is 5.79. The zero-order valence-electron chi connectivity index (χ0n) is 16.3. The van der Waals surface area contributed by atoms with Crippen LogP contribution in [0.5, 0.6) is 0 Å². The SMILES string of the molecule is CCCCCC(C)(C)CNC(=NC)NCCCOCC1CCOC1. The van der Waals surface area contributed by atoms with Gasteiger partial charge in [-0.15, -0.1) is 0 Å². The summed E-state index contributed by atoms with van der Waals surface area (Å²) in [5.74, 6) is 1.49. The predicted octanol–water partition coefficient (Wildman–Crippen LogP) is 3.20. The van der Waals surface area contributed by atoms with E-state index in [1.54, 1.807) is 0 Å². The van der Waals surface area contributed by atoms with Crippen LogP contribution in [0, 0.1) is 11.3 Å². The van der Waals surface area contributed by atoms with Crippen LogP contribution < -0.4 is 10.6 Å². The minimum absolute atomic E-state index is 0.305. The second kappa shape index (κ2) is 12.5. The van der Waals surface area contributed by atoms with Gasteiger partial charge in [-0.25, -0.2) is 0 Å². The first-order chi connectivity index (χ1) is 11.6. The normalized spacial score (nSPS) is 18.8. The van der Waals surface area contributed by atoms with Gasteiger partial charge in [0.15, 0.2) is 5.96 Å². The highest BCUT2D eigenvalue weighted by atomic mass is 16.5. The van der Waals surface area contributed by atoms with E-state index in [1.807, 2.05) is 7.05 Å². The Morgan fingerprint density at radius 1 is 1.25 bits per heavy atom. The van der Waals surface area contributed by atoms with Crippen LogP contribution in [-0.2, 0) is 9.47 Å². The summed E-state index contributed by atoms with van der Waals surface area (Å²) in [5, 5.41) is 6.83. The van der Waals surface area contributed by atoms with Crippen molar-refractivity contribution in [2.24, 2.45) is 16.3 Å². The maximum Gasteiger partial charge on any atom is 0.190 e. The molecule has 1 heterocycles. The van der Waals surface area contributed by atoms with Crippen LogP contribution in [-0.4, -0.2) is 52.5 Å². The average Bonchev–Trinajstić information content (AvgIpc) is 3.07. The van der Waals surface area contributed by atoms with E-state index in [0.29, 0.717) is 11.3 Å². The maximum absolute atomic E-state index is 5.72. The second-order valence-corrected chi connectivity index (χ2v) is 7.63. The molecule has 1 atom stereocenters. The van der Waals surface area contributed by atoms with E-state index in [2.05, 4.69) is 36.4 Å². The standard InChI is InChI=1S/C19H39N3O2/c1-5-6-7-10-19(2,3)16-22-18(20-4)21-11-8-12-23-14-17-9-13-24-15-17/h17H,5-16H2,1-4H3,(H2,20,21,22). The predicted molar refractivity (Wildman–Crippen MR) is 102 cm³/mol. The first-order valence-electron chi connectivity index (χ1n) is 9.67. The molecule has 24 heavy (non-hydrogen) atoms. The van der Waals surface area contributed by atoms with E-state index < -0.39 is 0 Å². The first-order valence-corrected chi connectivity index (χ1v) is 9.67. The van der Waals surface area contributed by atoms with Crippen molar-refractivity contribution >= 4 is 5.96 Å². The van der Waals surface area contributed by atoms with Crippen LogP contribution in [0.3, 0.4) is 0 Å². The van der Waals surface area contributed by atoms with Gasteiger partial charge in [-0.05, 0) is 24.7 Å². The number of nitrogens with one attached hydrogen (secondary N) is 2. The van der Waals surface area contributed by atoms with Crippen molar-refractivity contribution in [1.82, 2.24) is 10.6 Å². The lowest BCUT2D eigenvalue weighted by molar-refractivity contribution is 0.0888. The molecule has 1 aliphatic rings. The van der Waals surface area contributed by atoms with Gasteiger partial charge in [-0.2, -0.15) is 0 Å². The van der Waals surface area contributed by atoms with Crippen molar-refractivity contribution < 1.29 is 9.47 Å². The zero-order valence-corrected chi connectivity index (χ0v) is 16.3. The Labute approximate surface area is 149 Å². The molecule has 0 spiro atoms. The summed E-state index contributed by atoms with van der Waals surface area (Å²) in [6.07, 6.45) is 7.30. The Morgan fingerprint density at radius 3 is 2.75 bits per heavy atom. The Morgan fingerprint density at radius 2 is 2.08 bits per heavy atom. The summed E-state index contributed by atoms with van der Waals surface area (Å²) < 4.78 is 11.1. The van der Waals surface area contributed by atoms with E-state index in [4.69, 9.17) is 9.47 Å². The lowest BCUT2D eigenvalue weighted by Gasteiger charge is -2.26. The number of hydrogen-bond donors (Lipinski definition) is 2. The molecule has 0 aromatic carbocycles. The molecule has 1 unspecified atom stereocenters. The molecule has 5 heteroatoms. The number of ether oxygens (including phenoxy) is 2. The number of aliphatic imine (C=N–C) groups is 1. The van der Waals surface area contributed by atoms with Crippen LogP contribution in [0.4, 0.5) is 0 Å². The number of guanidine groups is 1. The largest absolute Gasteiger partial charge is 0.381 e. The summed E-state index contributed by atoms with van der Waals surface area (Å²) in [7, 11) is 1.83. The second-order valence-electron chi connectivity index (χ2n) is 7.63. The molecule has 142 valence electrons. The summed E-state index contributed by atoms with van der Waals surface area (Å²) >= 11 is 0. The van der Waals surface area contributed by atoms with Crippen molar-refractivity contribution in [2.45, 2.75) is 59.3 Å². The van der Waals surface area contributed by atoms with Crippen molar-refractivity contribution in [3.05, 3.63) is 0 Å². The Balaban J connectivity index is 2.05. The number of rotatable bonds is 12. The quantitative estimate of drug-likeness (QED) is 0.325. The van der Waals surface area contributed by atoms with Gasteiger partial charge in [0.2, 0.25) is 0 Å². The highest BCUT2D eigenvalue weighted by Gasteiger charge is 2.17. The fraction of sp³-hybridized carbons (Fsp3) is 0.947. The van der Waals surface area contributed by atoms with E-state index in [1.165, 1.54) is 25.7 Å². The van der Waals surface area contributed by atoms with Gasteiger partial charge in [0.25, 0.3) is 0 Å². The third-order valence-electron chi connectivity index (χ3n) is 4.55. The number of hydrogen-bond acceptors (Lipinski definition) is 3. The molecule has 2 N–H and O–H groups in total. The molecule has 0 aromatic rings. The Bertz CT molecular complexity index is 340.